The molecular weight excluding hydrogens is 621 g/mol. The molecule has 0 amide bonds. The average molecular weight is 640 g/mol. The third kappa shape index (κ3) is 9.78. The highest BCUT2D eigenvalue weighted by Gasteiger charge is 2.31. The second-order valence-electron chi connectivity index (χ2n) is 7.71. The van der Waals surface area contributed by atoms with E-state index in [9.17, 15) is 31.4 Å². The maximum Gasteiger partial charge on any atom is 0.416 e. The van der Waals surface area contributed by atoms with E-state index >= 15 is 0 Å². The number of alkyl halides is 6. The maximum atomic E-state index is 12.6. The van der Waals surface area contributed by atoms with Gasteiger partial charge in [-0.1, -0.05) is 81.1 Å². The molecular formula is C27H19BrCl2F6O2. The summed E-state index contributed by atoms with van der Waals surface area (Å²) < 4.78 is 74.5. The van der Waals surface area contributed by atoms with E-state index in [1.807, 2.05) is 0 Å². The molecule has 0 aromatic heterocycles. The van der Waals surface area contributed by atoms with Gasteiger partial charge >= 0.3 is 12.4 Å². The van der Waals surface area contributed by atoms with Crippen LogP contribution in [0.25, 0.3) is 11.1 Å². The number of phenols is 2. The van der Waals surface area contributed by atoms with Crippen LogP contribution in [0.3, 0.4) is 0 Å². The van der Waals surface area contributed by atoms with E-state index < -0.39 is 23.5 Å². The maximum absolute atomic E-state index is 12.6. The Morgan fingerprint density at radius 1 is 0.605 bits per heavy atom. The zero-order valence-corrected chi connectivity index (χ0v) is 22.5. The highest BCUT2D eigenvalue weighted by atomic mass is 79.9. The normalized spacial score (nSPS) is 11.1. The summed E-state index contributed by atoms with van der Waals surface area (Å²) in [5.74, 6) is 0.00672. The predicted octanol–water partition coefficient (Wildman–Crippen LogP) is 10.6. The van der Waals surface area contributed by atoms with Crippen LogP contribution in [0.5, 0.6) is 11.5 Å². The van der Waals surface area contributed by atoms with Crippen molar-refractivity contribution in [1.82, 2.24) is 0 Å². The van der Waals surface area contributed by atoms with Crippen LogP contribution in [0.2, 0.25) is 10.0 Å². The lowest BCUT2D eigenvalue weighted by Crippen LogP contribution is -2.04. The molecule has 0 bridgehead atoms. The van der Waals surface area contributed by atoms with Crippen LogP contribution >= 0.6 is 39.1 Å². The molecule has 0 radical (unpaired) electrons. The Labute approximate surface area is 233 Å². The fourth-order valence-corrected chi connectivity index (χ4v) is 3.72. The molecule has 0 aliphatic carbocycles. The standard InChI is InChI=1S/C13H8ClF3O.C8H7F3.C6H4BrClO/c14-11-7-9(4-5-12(11)18)8-2-1-3-10(6-8)13(15,16)17;1-6-3-2-4-7(5-6)8(9,10)11;7-4-1-2-6(9)5(8)3-4/h1-7,18H;2-5H,1H3;1-3,9H. The van der Waals surface area contributed by atoms with Crippen molar-refractivity contribution >= 4 is 39.1 Å². The van der Waals surface area contributed by atoms with E-state index in [4.69, 9.17) is 28.3 Å². The monoisotopic (exact) mass is 638 g/mol. The molecule has 0 aliphatic rings. The second kappa shape index (κ2) is 13.3. The molecule has 0 aliphatic heterocycles. The molecule has 0 saturated carbocycles. The molecule has 0 saturated heterocycles. The highest BCUT2D eigenvalue weighted by molar-refractivity contribution is 9.10. The topological polar surface area (TPSA) is 40.5 Å². The van der Waals surface area contributed by atoms with Crippen molar-refractivity contribution in [2.45, 2.75) is 19.3 Å². The van der Waals surface area contributed by atoms with Crippen molar-refractivity contribution in [2.24, 2.45) is 0 Å². The number of rotatable bonds is 1. The molecule has 0 heterocycles. The van der Waals surface area contributed by atoms with Crippen molar-refractivity contribution in [3.05, 3.63) is 116 Å². The van der Waals surface area contributed by atoms with Crippen molar-refractivity contribution in [2.75, 3.05) is 0 Å². The van der Waals surface area contributed by atoms with Crippen LogP contribution in [-0.4, -0.2) is 10.2 Å². The van der Waals surface area contributed by atoms with E-state index in [-0.39, 0.29) is 16.5 Å². The Bertz CT molecular complexity index is 1370. The molecule has 38 heavy (non-hydrogen) atoms. The van der Waals surface area contributed by atoms with Crippen molar-refractivity contribution in [3.63, 3.8) is 0 Å². The fourth-order valence-electron chi connectivity index (χ4n) is 2.86. The number of aromatic hydroxyl groups is 2. The van der Waals surface area contributed by atoms with Gasteiger partial charge in [-0.15, -0.1) is 0 Å². The number of hydrogen-bond donors (Lipinski definition) is 2. The van der Waals surface area contributed by atoms with Gasteiger partial charge in [0.15, 0.2) is 0 Å². The van der Waals surface area contributed by atoms with E-state index in [1.165, 1.54) is 36.4 Å². The summed E-state index contributed by atoms with van der Waals surface area (Å²) in [6, 6.07) is 19.3. The smallest absolute Gasteiger partial charge is 0.416 e. The number of halogens is 9. The van der Waals surface area contributed by atoms with Crippen molar-refractivity contribution < 1.29 is 36.6 Å². The van der Waals surface area contributed by atoms with Crippen LogP contribution in [0.1, 0.15) is 16.7 Å². The van der Waals surface area contributed by atoms with Gasteiger partial charge in [0, 0.05) is 4.47 Å². The average Bonchev–Trinajstić information content (AvgIpc) is 2.83. The van der Waals surface area contributed by atoms with Gasteiger partial charge in [-0.2, -0.15) is 26.3 Å². The summed E-state index contributed by atoms with van der Waals surface area (Å²) in [5.41, 5.74) is 0.233. The van der Waals surface area contributed by atoms with Gasteiger partial charge < -0.3 is 10.2 Å². The number of benzene rings is 4. The summed E-state index contributed by atoms with van der Waals surface area (Å²) in [6.45, 7) is 1.63. The van der Waals surface area contributed by atoms with Gasteiger partial charge in [0.25, 0.3) is 0 Å². The quantitative estimate of drug-likeness (QED) is 0.203. The first-order chi connectivity index (χ1) is 17.6. The molecule has 0 spiro atoms. The lowest BCUT2D eigenvalue weighted by Gasteiger charge is -2.09. The Hall–Kier alpha value is -2.88. The summed E-state index contributed by atoms with van der Waals surface area (Å²) in [6.07, 6.45) is -8.59. The Balaban J connectivity index is 0.000000217. The summed E-state index contributed by atoms with van der Waals surface area (Å²) >= 11 is 14.5. The second-order valence-corrected chi connectivity index (χ2v) is 9.44. The summed E-state index contributed by atoms with van der Waals surface area (Å²) in [4.78, 5) is 0. The molecule has 2 N–H and O–H groups in total. The summed E-state index contributed by atoms with van der Waals surface area (Å²) in [5, 5.41) is 18.6. The SMILES string of the molecule is Cc1cccc(C(F)(F)F)c1.Oc1ccc(-c2cccc(C(F)(F)F)c2)cc1Cl.Oc1ccc(Br)cc1Cl. The molecule has 0 unspecified atom stereocenters. The number of aryl methyl sites for hydroxylation is 1. The highest BCUT2D eigenvalue weighted by Crippen LogP contribution is 2.34. The minimum absolute atomic E-state index is 0.102. The van der Waals surface area contributed by atoms with Gasteiger partial charge in [-0.25, -0.2) is 0 Å². The lowest BCUT2D eigenvalue weighted by atomic mass is 10.0. The number of phenolic OH excluding ortho intramolecular Hbond substituents is 2. The van der Waals surface area contributed by atoms with Crippen molar-refractivity contribution in [1.29, 1.82) is 0 Å². The fraction of sp³-hybridized carbons (Fsp3) is 0.111. The zero-order valence-electron chi connectivity index (χ0n) is 19.4. The largest absolute Gasteiger partial charge is 0.506 e. The minimum atomic E-state index is -4.38. The van der Waals surface area contributed by atoms with Crippen molar-refractivity contribution in [3.8, 4) is 22.6 Å². The first kappa shape index (κ1) is 31.3. The van der Waals surface area contributed by atoms with Gasteiger partial charge in [-0.3, -0.25) is 0 Å². The first-order valence-corrected chi connectivity index (χ1v) is 12.1. The summed E-state index contributed by atoms with van der Waals surface area (Å²) in [7, 11) is 0. The molecule has 2 nitrogen and oxygen atoms in total. The molecule has 11 heteroatoms. The Morgan fingerprint density at radius 3 is 1.53 bits per heavy atom. The van der Waals surface area contributed by atoms with Gasteiger partial charge in [0.1, 0.15) is 11.5 Å². The lowest BCUT2D eigenvalue weighted by molar-refractivity contribution is -0.138. The molecule has 202 valence electrons. The van der Waals surface area contributed by atoms with Gasteiger partial charge in [0.2, 0.25) is 0 Å². The van der Waals surface area contributed by atoms with Crippen LogP contribution in [-0.2, 0) is 12.4 Å². The molecule has 0 atom stereocenters. The molecule has 4 aromatic rings. The van der Waals surface area contributed by atoms with Crippen LogP contribution < -0.4 is 0 Å². The zero-order chi connectivity index (χ0) is 28.7. The first-order valence-electron chi connectivity index (χ1n) is 10.5. The van der Waals surface area contributed by atoms with Gasteiger partial charge in [0.05, 0.1) is 21.2 Å². The van der Waals surface area contributed by atoms with E-state index in [0.29, 0.717) is 21.7 Å². The van der Waals surface area contributed by atoms with Crippen LogP contribution in [0, 0.1) is 6.92 Å². The van der Waals surface area contributed by atoms with Gasteiger partial charge in [-0.05, 0) is 66.6 Å². The van der Waals surface area contributed by atoms with Crippen LogP contribution in [0.4, 0.5) is 26.3 Å². The van der Waals surface area contributed by atoms with E-state index in [0.717, 1.165) is 28.7 Å². The van der Waals surface area contributed by atoms with E-state index in [2.05, 4.69) is 15.9 Å². The molecule has 4 rings (SSSR count). The van der Waals surface area contributed by atoms with Crippen LogP contribution in [0.15, 0.2) is 89.4 Å². The Morgan fingerprint density at radius 2 is 1.08 bits per heavy atom. The predicted molar refractivity (Wildman–Crippen MR) is 141 cm³/mol. The Kier molecular flexibility index (Phi) is 10.9. The molecule has 0 fully saturated rings. The minimum Gasteiger partial charge on any atom is -0.506 e. The third-order valence-electron chi connectivity index (χ3n) is 4.73. The molecule has 4 aromatic carbocycles. The number of hydrogen-bond acceptors (Lipinski definition) is 2. The third-order valence-corrected chi connectivity index (χ3v) is 5.82. The van der Waals surface area contributed by atoms with E-state index in [1.54, 1.807) is 31.2 Å².